The number of nitrogens with zero attached hydrogens (tertiary/aromatic N) is 3. The van der Waals surface area contributed by atoms with Crippen LogP contribution in [0, 0.1) is 6.92 Å². The monoisotopic (exact) mass is 407 g/mol. The molecule has 7 nitrogen and oxygen atoms in total. The Kier molecular flexibility index (Phi) is 4.02. The van der Waals surface area contributed by atoms with Gasteiger partial charge >= 0.3 is 0 Å². The van der Waals surface area contributed by atoms with Gasteiger partial charge in [-0.3, -0.25) is 9.29 Å². The van der Waals surface area contributed by atoms with Crippen LogP contribution in [0.5, 0.6) is 5.75 Å². The maximum Gasteiger partial charge on any atom is 0.264 e. The van der Waals surface area contributed by atoms with Gasteiger partial charge in [-0.15, -0.1) is 0 Å². The van der Waals surface area contributed by atoms with E-state index in [1.165, 1.54) is 10.4 Å². The van der Waals surface area contributed by atoms with Crippen LogP contribution in [-0.4, -0.2) is 31.5 Å². The van der Waals surface area contributed by atoms with Gasteiger partial charge in [-0.05, 0) is 47.5 Å². The second kappa shape index (κ2) is 6.59. The highest BCUT2D eigenvalue weighted by Crippen LogP contribution is 2.38. The second-order valence-corrected chi connectivity index (χ2v) is 8.57. The smallest absolute Gasteiger partial charge is 0.264 e. The Balaban J connectivity index is 1.61. The first-order valence-corrected chi connectivity index (χ1v) is 10.5. The molecule has 5 rings (SSSR count). The minimum Gasteiger partial charge on any atom is -0.489 e. The van der Waals surface area contributed by atoms with Crippen molar-refractivity contribution in [1.29, 1.82) is 0 Å². The van der Waals surface area contributed by atoms with E-state index in [1.807, 2.05) is 24.3 Å². The molecule has 0 saturated heterocycles. The average molecular weight is 407 g/mol. The van der Waals surface area contributed by atoms with E-state index in [1.54, 1.807) is 37.5 Å². The lowest BCUT2D eigenvalue weighted by molar-refractivity contribution is 0.316. The highest BCUT2D eigenvalue weighted by molar-refractivity contribution is 7.92. The Morgan fingerprint density at radius 1 is 1.00 bits per heavy atom. The Morgan fingerprint density at radius 3 is 2.66 bits per heavy atom. The highest BCUT2D eigenvalue weighted by atomic mass is 32.2. The van der Waals surface area contributed by atoms with Gasteiger partial charge in [0.2, 0.25) is 0 Å². The van der Waals surface area contributed by atoms with E-state index in [2.05, 4.69) is 9.97 Å². The van der Waals surface area contributed by atoms with Gasteiger partial charge in [0.05, 0.1) is 17.1 Å². The third-order valence-corrected chi connectivity index (χ3v) is 6.66. The molecular weight excluding hydrogens is 390 g/mol. The van der Waals surface area contributed by atoms with Gasteiger partial charge in [0, 0.05) is 25.4 Å². The Hall–Kier alpha value is -3.39. The number of aromatic nitrogens is 2. The predicted octanol–water partition coefficient (Wildman–Crippen LogP) is 3.79. The zero-order valence-electron chi connectivity index (χ0n) is 15.6. The van der Waals surface area contributed by atoms with E-state index >= 15 is 0 Å². The molecule has 0 saturated carbocycles. The Bertz CT molecular complexity index is 1320. The van der Waals surface area contributed by atoms with Crippen molar-refractivity contribution in [2.45, 2.75) is 11.8 Å². The molecule has 0 radical (unpaired) electrons. The van der Waals surface area contributed by atoms with Gasteiger partial charge in [0.15, 0.2) is 11.5 Å². The van der Waals surface area contributed by atoms with Crippen molar-refractivity contribution < 1.29 is 17.6 Å². The fourth-order valence-electron chi connectivity index (χ4n) is 3.47. The number of aryl methyl sites for hydroxylation is 1. The number of anilines is 1. The van der Waals surface area contributed by atoms with Gasteiger partial charge in [0.25, 0.3) is 10.0 Å². The van der Waals surface area contributed by atoms with Gasteiger partial charge in [-0.25, -0.2) is 13.4 Å². The Morgan fingerprint density at radius 2 is 1.83 bits per heavy atom. The molecule has 0 bridgehead atoms. The van der Waals surface area contributed by atoms with E-state index in [0.717, 1.165) is 11.1 Å². The van der Waals surface area contributed by atoms with Crippen molar-refractivity contribution in [2.24, 2.45) is 0 Å². The molecule has 0 fully saturated rings. The first-order chi connectivity index (χ1) is 14.0. The molecular formula is C21H17N3O4S. The second-order valence-electron chi connectivity index (χ2n) is 6.71. The third-order valence-electron chi connectivity index (χ3n) is 4.85. The largest absolute Gasteiger partial charge is 0.489 e. The Labute approximate surface area is 167 Å². The van der Waals surface area contributed by atoms with Crippen LogP contribution in [-0.2, 0) is 10.0 Å². The summed E-state index contributed by atoms with van der Waals surface area (Å²) < 4.78 is 39.5. The summed E-state index contributed by atoms with van der Waals surface area (Å²) in [5, 5.41) is 0. The first-order valence-electron chi connectivity index (χ1n) is 9.09. The quantitative estimate of drug-likeness (QED) is 0.514. The maximum atomic E-state index is 13.4. The standard InChI is InChI=1S/C21H17N3O4S/c1-14-23-18-4-3-17(13-21(18)28-14)29(25,26)24-10-11-27-20-5-2-16(12-19(20)24)15-6-8-22-9-7-15/h2-9,12-13H,10-11H2,1H3. The predicted molar refractivity (Wildman–Crippen MR) is 108 cm³/mol. The van der Waals surface area contributed by atoms with Crippen molar-refractivity contribution in [2.75, 3.05) is 17.5 Å². The van der Waals surface area contributed by atoms with Crippen LogP contribution in [0.2, 0.25) is 0 Å². The number of oxazole rings is 1. The molecule has 29 heavy (non-hydrogen) atoms. The molecule has 2 aromatic heterocycles. The molecule has 4 aromatic rings. The number of hydrogen-bond acceptors (Lipinski definition) is 6. The fourth-order valence-corrected chi connectivity index (χ4v) is 4.94. The van der Waals surface area contributed by atoms with Crippen molar-refractivity contribution in [1.82, 2.24) is 9.97 Å². The molecule has 0 aliphatic carbocycles. The van der Waals surface area contributed by atoms with E-state index in [9.17, 15) is 8.42 Å². The number of fused-ring (bicyclic) bond motifs is 2. The molecule has 1 aliphatic rings. The highest BCUT2D eigenvalue weighted by Gasteiger charge is 2.31. The van der Waals surface area contributed by atoms with Crippen LogP contribution in [0.3, 0.4) is 0 Å². The van der Waals surface area contributed by atoms with Crippen molar-refractivity contribution in [3.05, 3.63) is 66.8 Å². The van der Waals surface area contributed by atoms with Crippen molar-refractivity contribution >= 4 is 26.8 Å². The van der Waals surface area contributed by atoms with E-state index in [-0.39, 0.29) is 18.0 Å². The van der Waals surface area contributed by atoms with Gasteiger partial charge in [-0.1, -0.05) is 6.07 Å². The number of ether oxygens (including phenoxy) is 1. The molecule has 0 amide bonds. The summed E-state index contributed by atoms with van der Waals surface area (Å²) in [6.45, 7) is 2.24. The van der Waals surface area contributed by atoms with Crippen molar-refractivity contribution in [3.63, 3.8) is 0 Å². The molecule has 0 spiro atoms. The molecule has 146 valence electrons. The van der Waals surface area contributed by atoms with Crippen LogP contribution >= 0.6 is 0 Å². The summed E-state index contributed by atoms with van der Waals surface area (Å²) in [5.74, 6) is 1.03. The number of sulfonamides is 1. The fraction of sp³-hybridized carbons (Fsp3) is 0.143. The number of rotatable bonds is 3. The van der Waals surface area contributed by atoms with Crippen LogP contribution in [0.1, 0.15) is 5.89 Å². The number of hydrogen-bond donors (Lipinski definition) is 0. The lowest BCUT2D eigenvalue weighted by atomic mass is 10.1. The summed E-state index contributed by atoms with van der Waals surface area (Å²) in [5.41, 5.74) is 3.42. The van der Waals surface area contributed by atoms with Gasteiger partial charge in [0.1, 0.15) is 17.9 Å². The normalized spacial score (nSPS) is 13.9. The molecule has 0 atom stereocenters. The van der Waals surface area contributed by atoms with Crippen LogP contribution < -0.4 is 9.04 Å². The van der Waals surface area contributed by atoms with Crippen molar-refractivity contribution in [3.8, 4) is 16.9 Å². The summed E-state index contributed by atoms with van der Waals surface area (Å²) in [6.07, 6.45) is 3.41. The lowest BCUT2D eigenvalue weighted by Crippen LogP contribution is -2.37. The number of benzene rings is 2. The molecule has 1 aliphatic heterocycles. The zero-order valence-corrected chi connectivity index (χ0v) is 16.4. The zero-order chi connectivity index (χ0) is 20.0. The van der Waals surface area contributed by atoms with E-state index in [4.69, 9.17) is 9.15 Å². The van der Waals surface area contributed by atoms with Crippen LogP contribution in [0.4, 0.5) is 5.69 Å². The minimum absolute atomic E-state index is 0.156. The minimum atomic E-state index is -3.80. The summed E-state index contributed by atoms with van der Waals surface area (Å²) in [6, 6.07) is 14.0. The third kappa shape index (κ3) is 3.01. The molecule has 8 heteroatoms. The van der Waals surface area contributed by atoms with E-state index < -0.39 is 10.0 Å². The molecule has 0 unspecified atom stereocenters. The SMILES string of the molecule is Cc1nc2ccc(S(=O)(=O)N3CCOc4ccc(-c5ccncc5)cc43)cc2o1. The topological polar surface area (TPSA) is 85.5 Å². The molecule has 2 aromatic carbocycles. The van der Waals surface area contributed by atoms with Crippen LogP contribution in [0.15, 0.2) is 70.2 Å². The summed E-state index contributed by atoms with van der Waals surface area (Å²) in [7, 11) is -3.80. The summed E-state index contributed by atoms with van der Waals surface area (Å²) in [4.78, 5) is 8.42. The first kappa shape index (κ1) is 17.7. The van der Waals surface area contributed by atoms with E-state index in [0.29, 0.717) is 28.4 Å². The van der Waals surface area contributed by atoms with Gasteiger partial charge in [-0.2, -0.15) is 0 Å². The lowest BCUT2D eigenvalue weighted by Gasteiger charge is -2.31. The molecule has 0 N–H and O–H groups in total. The maximum absolute atomic E-state index is 13.4. The molecule has 3 heterocycles. The van der Waals surface area contributed by atoms with Crippen LogP contribution in [0.25, 0.3) is 22.2 Å². The van der Waals surface area contributed by atoms with Gasteiger partial charge < -0.3 is 9.15 Å². The average Bonchev–Trinajstić information content (AvgIpc) is 3.12. The summed E-state index contributed by atoms with van der Waals surface area (Å²) >= 11 is 0. The number of pyridine rings is 1.